The first-order valence-corrected chi connectivity index (χ1v) is 3.53. The molecule has 0 atom stereocenters. The highest BCUT2D eigenvalue weighted by atomic mass is 14.2. The normalized spacial score (nSPS) is 10.5. The van der Waals surface area contributed by atoms with Crippen molar-refractivity contribution in [1.82, 2.24) is 0 Å². The fourth-order valence-electron chi connectivity index (χ4n) is 0.439. The molecular formula is C10H11N. The van der Waals surface area contributed by atoms with Gasteiger partial charge in [0.15, 0.2) is 0 Å². The standard InChI is InChI=1S/C10H11N/c1-3-4-5-6-7-8-10(2)9-11/h6-8H,3H2,1-2H3/b7-6?,10-8+. The van der Waals surface area contributed by atoms with E-state index in [1.807, 2.05) is 13.0 Å². The molecule has 0 amide bonds. The Morgan fingerprint density at radius 3 is 2.82 bits per heavy atom. The summed E-state index contributed by atoms with van der Waals surface area (Å²) in [6, 6.07) is 2.02. The number of hydrogen-bond acceptors (Lipinski definition) is 1. The lowest BCUT2D eigenvalue weighted by Gasteiger charge is -1.75. The van der Waals surface area contributed by atoms with Crippen molar-refractivity contribution < 1.29 is 0 Å². The molecule has 0 aliphatic rings. The summed E-state index contributed by atoms with van der Waals surface area (Å²) in [5.74, 6) is 5.72. The lowest BCUT2D eigenvalue weighted by molar-refractivity contribution is 1.28. The molecule has 0 bridgehead atoms. The Labute approximate surface area is 68.0 Å². The van der Waals surface area contributed by atoms with Crippen LogP contribution >= 0.6 is 0 Å². The van der Waals surface area contributed by atoms with Gasteiger partial charge in [-0.05, 0) is 19.1 Å². The van der Waals surface area contributed by atoms with Crippen molar-refractivity contribution in [1.29, 1.82) is 5.26 Å². The summed E-state index contributed by atoms with van der Waals surface area (Å²) in [7, 11) is 0. The Hall–Kier alpha value is -1.47. The molecule has 0 aromatic rings. The van der Waals surface area contributed by atoms with Gasteiger partial charge in [-0.3, -0.25) is 0 Å². The van der Waals surface area contributed by atoms with E-state index in [4.69, 9.17) is 5.26 Å². The van der Waals surface area contributed by atoms with Crippen molar-refractivity contribution in [3.8, 4) is 17.9 Å². The second kappa shape index (κ2) is 6.65. The minimum absolute atomic E-state index is 0.694. The molecule has 1 heteroatoms. The number of nitriles is 1. The van der Waals surface area contributed by atoms with Crippen LogP contribution in [0.4, 0.5) is 0 Å². The van der Waals surface area contributed by atoms with Crippen molar-refractivity contribution in [3.05, 3.63) is 23.8 Å². The van der Waals surface area contributed by atoms with Crippen LogP contribution in [0.3, 0.4) is 0 Å². The Bertz CT molecular complexity index is 253. The third kappa shape index (κ3) is 6.41. The zero-order valence-corrected chi connectivity index (χ0v) is 6.89. The largest absolute Gasteiger partial charge is 0.193 e. The molecule has 0 heterocycles. The van der Waals surface area contributed by atoms with E-state index in [1.54, 1.807) is 25.2 Å². The number of rotatable bonds is 1. The Morgan fingerprint density at radius 1 is 1.55 bits per heavy atom. The number of allylic oxidation sites excluding steroid dienone is 4. The molecule has 0 spiro atoms. The van der Waals surface area contributed by atoms with Crippen molar-refractivity contribution in [2.24, 2.45) is 0 Å². The average molecular weight is 145 g/mol. The zero-order chi connectivity index (χ0) is 8.53. The molecule has 0 rings (SSSR count). The van der Waals surface area contributed by atoms with E-state index in [-0.39, 0.29) is 0 Å². The van der Waals surface area contributed by atoms with Crippen molar-refractivity contribution in [2.75, 3.05) is 0 Å². The van der Waals surface area contributed by atoms with E-state index in [2.05, 4.69) is 11.8 Å². The van der Waals surface area contributed by atoms with Gasteiger partial charge >= 0.3 is 0 Å². The highest BCUT2D eigenvalue weighted by Crippen LogP contribution is 1.88. The minimum atomic E-state index is 0.694. The van der Waals surface area contributed by atoms with Gasteiger partial charge in [0.2, 0.25) is 0 Å². The second-order valence-electron chi connectivity index (χ2n) is 2.00. The molecule has 0 aliphatic carbocycles. The van der Waals surface area contributed by atoms with Crippen molar-refractivity contribution in [2.45, 2.75) is 20.3 Å². The first-order valence-electron chi connectivity index (χ1n) is 3.53. The summed E-state index contributed by atoms with van der Waals surface area (Å²) in [5, 5.41) is 8.35. The summed E-state index contributed by atoms with van der Waals surface area (Å²) in [5.41, 5.74) is 0.694. The molecule has 0 N–H and O–H groups in total. The molecule has 0 unspecified atom stereocenters. The van der Waals surface area contributed by atoms with Crippen molar-refractivity contribution in [3.63, 3.8) is 0 Å². The van der Waals surface area contributed by atoms with Crippen LogP contribution in [-0.4, -0.2) is 0 Å². The van der Waals surface area contributed by atoms with Crippen LogP contribution in [0.1, 0.15) is 20.3 Å². The Morgan fingerprint density at radius 2 is 2.27 bits per heavy atom. The van der Waals surface area contributed by atoms with E-state index < -0.39 is 0 Å². The molecule has 0 aliphatic heterocycles. The van der Waals surface area contributed by atoms with E-state index in [9.17, 15) is 0 Å². The van der Waals surface area contributed by atoms with Crippen LogP contribution in [0.15, 0.2) is 23.8 Å². The van der Waals surface area contributed by atoms with Crippen molar-refractivity contribution >= 4 is 0 Å². The van der Waals surface area contributed by atoms with Gasteiger partial charge in [0.25, 0.3) is 0 Å². The zero-order valence-electron chi connectivity index (χ0n) is 6.89. The van der Waals surface area contributed by atoms with Crippen LogP contribution in [0.5, 0.6) is 0 Å². The maximum atomic E-state index is 8.35. The van der Waals surface area contributed by atoms with Gasteiger partial charge in [-0.2, -0.15) is 5.26 Å². The molecule has 0 saturated carbocycles. The van der Waals surface area contributed by atoms with Crippen LogP contribution in [0.2, 0.25) is 0 Å². The molecule has 56 valence electrons. The molecule has 1 nitrogen and oxygen atoms in total. The quantitative estimate of drug-likeness (QED) is 0.316. The third-order valence-electron chi connectivity index (χ3n) is 0.981. The van der Waals surface area contributed by atoms with E-state index in [0.29, 0.717) is 5.57 Å². The molecule has 11 heavy (non-hydrogen) atoms. The van der Waals surface area contributed by atoms with Gasteiger partial charge in [0.1, 0.15) is 0 Å². The SMILES string of the molecule is CCC#CC=C/C=C(\C)C#N. The van der Waals surface area contributed by atoms with E-state index >= 15 is 0 Å². The summed E-state index contributed by atoms with van der Waals surface area (Å²) in [6.07, 6.45) is 6.13. The molecule has 0 fully saturated rings. The van der Waals surface area contributed by atoms with Crippen LogP contribution in [-0.2, 0) is 0 Å². The van der Waals surface area contributed by atoms with Gasteiger partial charge in [-0.15, -0.1) is 0 Å². The van der Waals surface area contributed by atoms with Gasteiger partial charge in [0.05, 0.1) is 6.07 Å². The topological polar surface area (TPSA) is 23.8 Å². The van der Waals surface area contributed by atoms with E-state index in [1.165, 1.54) is 0 Å². The average Bonchev–Trinajstić information content (AvgIpc) is 2.04. The monoisotopic (exact) mass is 145 g/mol. The highest BCUT2D eigenvalue weighted by Gasteiger charge is 1.75. The maximum Gasteiger partial charge on any atom is 0.0944 e. The van der Waals surface area contributed by atoms with Crippen LogP contribution < -0.4 is 0 Å². The Balaban J connectivity index is 3.89. The summed E-state index contributed by atoms with van der Waals surface area (Å²) in [4.78, 5) is 0. The summed E-state index contributed by atoms with van der Waals surface area (Å²) < 4.78 is 0. The predicted molar refractivity (Wildman–Crippen MR) is 46.6 cm³/mol. The highest BCUT2D eigenvalue weighted by molar-refractivity contribution is 5.26. The first kappa shape index (κ1) is 9.53. The van der Waals surface area contributed by atoms with Gasteiger partial charge in [-0.1, -0.05) is 24.8 Å². The molecule has 0 aromatic carbocycles. The lowest BCUT2D eigenvalue weighted by Crippen LogP contribution is -1.62. The van der Waals surface area contributed by atoms with Crippen LogP contribution in [0.25, 0.3) is 0 Å². The van der Waals surface area contributed by atoms with E-state index in [0.717, 1.165) is 6.42 Å². The van der Waals surface area contributed by atoms with Gasteiger partial charge in [-0.25, -0.2) is 0 Å². The smallest absolute Gasteiger partial charge is 0.0944 e. The molecule has 0 saturated heterocycles. The van der Waals surface area contributed by atoms with Crippen LogP contribution in [0, 0.1) is 23.2 Å². The lowest BCUT2D eigenvalue weighted by atomic mass is 10.3. The molecule has 0 radical (unpaired) electrons. The summed E-state index contributed by atoms with van der Waals surface area (Å²) in [6.45, 7) is 3.76. The third-order valence-corrected chi connectivity index (χ3v) is 0.981. The molecule has 0 aromatic heterocycles. The summed E-state index contributed by atoms with van der Waals surface area (Å²) >= 11 is 0. The first-order chi connectivity index (χ1) is 5.31. The van der Waals surface area contributed by atoms with Gasteiger partial charge in [0, 0.05) is 12.0 Å². The number of nitrogens with zero attached hydrogens (tertiary/aromatic N) is 1. The maximum absolute atomic E-state index is 8.35. The fourth-order valence-corrected chi connectivity index (χ4v) is 0.439. The second-order valence-corrected chi connectivity index (χ2v) is 2.00. The number of hydrogen-bond donors (Lipinski definition) is 0. The predicted octanol–water partition coefficient (Wildman–Crippen LogP) is 2.43. The molecular weight excluding hydrogens is 134 g/mol. The fraction of sp³-hybridized carbons (Fsp3) is 0.300. The van der Waals surface area contributed by atoms with Gasteiger partial charge < -0.3 is 0 Å². The minimum Gasteiger partial charge on any atom is -0.193 e. The Kier molecular flexibility index (Phi) is 5.76.